The minimum absolute atomic E-state index is 0.165. The fourth-order valence-corrected chi connectivity index (χ4v) is 3.25. The fraction of sp³-hybridized carbons (Fsp3) is 0.786. The van der Waals surface area contributed by atoms with Crippen LogP contribution < -0.4 is 5.73 Å². The Labute approximate surface area is 115 Å². The number of thiazole rings is 1. The van der Waals surface area contributed by atoms with Crippen LogP contribution in [0.2, 0.25) is 0 Å². The highest BCUT2D eigenvalue weighted by Crippen LogP contribution is 2.30. The van der Waals surface area contributed by atoms with Gasteiger partial charge < -0.3 is 5.73 Å². The van der Waals surface area contributed by atoms with E-state index in [2.05, 4.69) is 51.4 Å². The first-order valence-corrected chi connectivity index (χ1v) is 7.50. The van der Waals surface area contributed by atoms with Crippen LogP contribution in [0.25, 0.3) is 0 Å². The number of hydrogen-bond donors (Lipinski definition) is 1. The van der Waals surface area contributed by atoms with E-state index in [0.29, 0.717) is 6.04 Å². The topological polar surface area (TPSA) is 42.1 Å². The number of nitrogens with zero attached hydrogens (tertiary/aromatic N) is 2. The van der Waals surface area contributed by atoms with Crippen LogP contribution in [0, 0.1) is 19.3 Å². The van der Waals surface area contributed by atoms with Crippen molar-refractivity contribution in [2.24, 2.45) is 11.1 Å². The second kappa shape index (κ2) is 6.13. The molecule has 0 amide bonds. The summed E-state index contributed by atoms with van der Waals surface area (Å²) in [5, 5.41) is 1.16. The third-order valence-corrected chi connectivity index (χ3v) is 4.70. The summed E-state index contributed by atoms with van der Waals surface area (Å²) in [4.78, 5) is 8.42. The summed E-state index contributed by atoms with van der Waals surface area (Å²) in [5.74, 6) is 0. The molecule has 0 aliphatic rings. The van der Waals surface area contributed by atoms with Gasteiger partial charge in [0.25, 0.3) is 0 Å². The van der Waals surface area contributed by atoms with E-state index >= 15 is 0 Å². The molecular weight excluding hydrogens is 242 g/mol. The summed E-state index contributed by atoms with van der Waals surface area (Å²) in [6.45, 7) is 15.9. The molecule has 4 heteroatoms. The van der Waals surface area contributed by atoms with E-state index in [9.17, 15) is 0 Å². The van der Waals surface area contributed by atoms with E-state index in [-0.39, 0.29) is 5.41 Å². The second-order valence-corrected chi connectivity index (χ2v) is 7.02. The van der Waals surface area contributed by atoms with Crippen LogP contribution in [0.15, 0.2) is 0 Å². The van der Waals surface area contributed by atoms with E-state index in [1.54, 1.807) is 0 Å². The fourth-order valence-electron chi connectivity index (χ4n) is 2.24. The van der Waals surface area contributed by atoms with Crippen LogP contribution >= 0.6 is 11.3 Å². The van der Waals surface area contributed by atoms with Gasteiger partial charge in [0, 0.05) is 17.5 Å². The lowest BCUT2D eigenvalue weighted by Crippen LogP contribution is -2.39. The largest absolute Gasteiger partial charge is 0.330 e. The number of nitrogens with two attached hydrogens (primary N) is 1. The molecule has 0 spiro atoms. The van der Waals surface area contributed by atoms with Gasteiger partial charge >= 0.3 is 0 Å². The SMILES string of the molecule is CCN(CC(C)(C)CN)C(C)c1sc(C)nc1C. The van der Waals surface area contributed by atoms with Crippen molar-refractivity contribution in [3.8, 4) is 0 Å². The Balaban J connectivity index is 2.86. The van der Waals surface area contributed by atoms with Crippen molar-refractivity contribution in [1.29, 1.82) is 0 Å². The second-order valence-electron chi connectivity index (χ2n) is 5.79. The normalized spacial score (nSPS) is 14.2. The van der Waals surface area contributed by atoms with Crippen LogP contribution in [0.5, 0.6) is 0 Å². The molecule has 0 bridgehead atoms. The first kappa shape index (κ1) is 15.6. The van der Waals surface area contributed by atoms with Crippen LogP contribution in [-0.2, 0) is 0 Å². The summed E-state index contributed by atoms with van der Waals surface area (Å²) in [7, 11) is 0. The van der Waals surface area contributed by atoms with E-state index < -0.39 is 0 Å². The Kier molecular flexibility index (Phi) is 5.32. The molecule has 2 N–H and O–H groups in total. The molecule has 0 radical (unpaired) electrons. The molecule has 0 fully saturated rings. The first-order valence-electron chi connectivity index (χ1n) is 6.68. The van der Waals surface area contributed by atoms with E-state index in [1.807, 2.05) is 11.3 Å². The molecule has 0 aromatic carbocycles. The lowest BCUT2D eigenvalue weighted by Gasteiger charge is -2.35. The molecule has 1 aromatic heterocycles. The molecule has 18 heavy (non-hydrogen) atoms. The molecule has 0 aliphatic carbocycles. The van der Waals surface area contributed by atoms with Gasteiger partial charge in [-0.15, -0.1) is 11.3 Å². The van der Waals surface area contributed by atoms with Gasteiger partial charge in [-0.1, -0.05) is 20.8 Å². The van der Waals surface area contributed by atoms with Crippen LogP contribution in [-0.4, -0.2) is 29.5 Å². The summed E-state index contributed by atoms with van der Waals surface area (Å²) in [6, 6.07) is 0.423. The Morgan fingerprint density at radius 2 is 2.00 bits per heavy atom. The molecule has 1 atom stereocenters. The van der Waals surface area contributed by atoms with Crippen molar-refractivity contribution >= 4 is 11.3 Å². The summed E-state index contributed by atoms with van der Waals surface area (Å²) < 4.78 is 0. The van der Waals surface area contributed by atoms with Crippen LogP contribution in [0.1, 0.15) is 49.3 Å². The van der Waals surface area contributed by atoms with Gasteiger partial charge in [-0.2, -0.15) is 0 Å². The van der Waals surface area contributed by atoms with E-state index in [0.717, 1.165) is 24.6 Å². The molecule has 104 valence electrons. The van der Waals surface area contributed by atoms with Crippen molar-refractivity contribution in [1.82, 2.24) is 9.88 Å². The van der Waals surface area contributed by atoms with Gasteiger partial charge in [0.15, 0.2) is 0 Å². The van der Waals surface area contributed by atoms with Crippen molar-refractivity contribution < 1.29 is 0 Å². The quantitative estimate of drug-likeness (QED) is 0.862. The highest BCUT2D eigenvalue weighted by atomic mass is 32.1. The monoisotopic (exact) mass is 269 g/mol. The summed E-state index contributed by atoms with van der Waals surface area (Å²) in [6.07, 6.45) is 0. The number of hydrogen-bond acceptors (Lipinski definition) is 4. The molecule has 3 nitrogen and oxygen atoms in total. The third kappa shape index (κ3) is 3.77. The minimum Gasteiger partial charge on any atom is -0.330 e. The van der Waals surface area contributed by atoms with Crippen LogP contribution in [0.3, 0.4) is 0 Å². The molecular formula is C14H27N3S. The highest BCUT2D eigenvalue weighted by molar-refractivity contribution is 7.11. The Bertz CT molecular complexity index is 384. The predicted octanol–water partition coefficient (Wildman–Crippen LogP) is 3.13. The smallest absolute Gasteiger partial charge is 0.0900 e. The Hall–Kier alpha value is -0.450. The van der Waals surface area contributed by atoms with Crippen molar-refractivity contribution in [3.05, 3.63) is 15.6 Å². The number of rotatable bonds is 6. The average Bonchev–Trinajstić information content (AvgIpc) is 2.64. The zero-order valence-corrected chi connectivity index (χ0v) is 13.4. The predicted molar refractivity (Wildman–Crippen MR) is 80.1 cm³/mol. The maximum absolute atomic E-state index is 5.85. The third-order valence-electron chi connectivity index (χ3n) is 3.46. The molecule has 0 saturated carbocycles. The van der Waals surface area contributed by atoms with Crippen LogP contribution in [0.4, 0.5) is 0 Å². The Morgan fingerprint density at radius 3 is 2.39 bits per heavy atom. The zero-order valence-electron chi connectivity index (χ0n) is 12.6. The van der Waals surface area contributed by atoms with Crippen molar-refractivity contribution in [2.45, 2.75) is 47.6 Å². The summed E-state index contributed by atoms with van der Waals surface area (Å²) >= 11 is 1.82. The van der Waals surface area contributed by atoms with E-state index in [4.69, 9.17) is 5.73 Å². The molecule has 1 rings (SSSR count). The summed E-state index contributed by atoms with van der Waals surface area (Å²) in [5.41, 5.74) is 7.19. The maximum atomic E-state index is 5.85. The maximum Gasteiger partial charge on any atom is 0.0900 e. The standard InChI is InChI=1S/C14H27N3S/c1-7-17(9-14(5,6)8-15)11(3)13-10(2)16-12(4)18-13/h11H,7-9,15H2,1-6H3. The number of aromatic nitrogens is 1. The van der Waals surface area contributed by atoms with Gasteiger partial charge in [0.2, 0.25) is 0 Å². The molecule has 0 saturated heterocycles. The van der Waals surface area contributed by atoms with Gasteiger partial charge in [-0.05, 0) is 39.3 Å². The van der Waals surface area contributed by atoms with Gasteiger partial charge in [-0.3, -0.25) is 4.90 Å². The molecule has 1 aromatic rings. The minimum atomic E-state index is 0.165. The highest BCUT2D eigenvalue weighted by Gasteiger charge is 2.25. The molecule has 1 unspecified atom stereocenters. The van der Waals surface area contributed by atoms with Gasteiger partial charge in [-0.25, -0.2) is 4.98 Å². The lowest BCUT2D eigenvalue weighted by atomic mass is 9.92. The average molecular weight is 269 g/mol. The molecule has 0 aliphatic heterocycles. The van der Waals surface area contributed by atoms with Gasteiger partial charge in [0.1, 0.15) is 0 Å². The number of aryl methyl sites for hydroxylation is 2. The van der Waals surface area contributed by atoms with Gasteiger partial charge in [0.05, 0.1) is 10.7 Å². The lowest BCUT2D eigenvalue weighted by molar-refractivity contribution is 0.149. The molecule has 1 heterocycles. The van der Waals surface area contributed by atoms with Crippen molar-refractivity contribution in [2.75, 3.05) is 19.6 Å². The first-order chi connectivity index (χ1) is 8.30. The Morgan fingerprint density at radius 1 is 1.39 bits per heavy atom. The van der Waals surface area contributed by atoms with Crippen molar-refractivity contribution in [3.63, 3.8) is 0 Å². The van der Waals surface area contributed by atoms with E-state index in [1.165, 1.54) is 10.6 Å². The zero-order chi connectivity index (χ0) is 13.9.